The number of carbonyl (C=O) groups is 1. The van der Waals surface area contributed by atoms with Gasteiger partial charge in [-0.3, -0.25) is 9.89 Å². The van der Waals surface area contributed by atoms with E-state index in [4.69, 9.17) is 4.74 Å². The van der Waals surface area contributed by atoms with Crippen molar-refractivity contribution in [3.05, 3.63) is 11.6 Å². The first-order valence-electron chi connectivity index (χ1n) is 6.42. The lowest BCUT2D eigenvalue weighted by Crippen LogP contribution is -2.38. The van der Waals surface area contributed by atoms with Crippen LogP contribution < -0.4 is 5.32 Å². The molecule has 0 saturated carbocycles. The Labute approximate surface area is 108 Å². The number of ether oxygens (including phenoxy) is 1. The van der Waals surface area contributed by atoms with E-state index in [1.165, 1.54) is 0 Å². The van der Waals surface area contributed by atoms with Crippen molar-refractivity contribution in [2.75, 3.05) is 13.7 Å². The molecular formula is C12H22N4O2. The van der Waals surface area contributed by atoms with E-state index in [0.29, 0.717) is 6.61 Å². The van der Waals surface area contributed by atoms with Crippen LogP contribution in [0.25, 0.3) is 0 Å². The number of hydrogen-bond donors (Lipinski definition) is 2. The molecule has 6 heteroatoms. The summed E-state index contributed by atoms with van der Waals surface area (Å²) in [7, 11) is 1.63. The van der Waals surface area contributed by atoms with Gasteiger partial charge in [0.1, 0.15) is 5.82 Å². The molecule has 0 saturated heterocycles. The third-order valence-electron chi connectivity index (χ3n) is 2.56. The highest BCUT2D eigenvalue weighted by atomic mass is 16.5. The third-order valence-corrected chi connectivity index (χ3v) is 2.56. The van der Waals surface area contributed by atoms with Crippen LogP contribution in [0.1, 0.15) is 49.6 Å². The minimum Gasteiger partial charge on any atom is -0.383 e. The Morgan fingerprint density at radius 1 is 1.44 bits per heavy atom. The van der Waals surface area contributed by atoms with Gasteiger partial charge in [-0.1, -0.05) is 20.3 Å². The standard InChI is InChI=1S/C12H22N4O2/c1-4-6-9(8-18-3)13-12(17)11-14-10(7-5-2)15-16-11/h9H,4-8H2,1-3H3,(H,13,17)(H,14,15,16). The normalized spacial score (nSPS) is 12.4. The van der Waals surface area contributed by atoms with Gasteiger partial charge < -0.3 is 10.1 Å². The van der Waals surface area contributed by atoms with Crippen molar-refractivity contribution in [1.82, 2.24) is 20.5 Å². The molecule has 0 aliphatic rings. The molecular weight excluding hydrogens is 232 g/mol. The lowest BCUT2D eigenvalue weighted by molar-refractivity contribution is 0.0881. The molecule has 0 fully saturated rings. The van der Waals surface area contributed by atoms with E-state index in [9.17, 15) is 4.79 Å². The number of methoxy groups -OCH3 is 1. The molecule has 0 aromatic carbocycles. The molecule has 1 unspecified atom stereocenters. The van der Waals surface area contributed by atoms with Crippen molar-refractivity contribution >= 4 is 5.91 Å². The zero-order valence-corrected chi connectivity index (χ0v) is 11.3. The molecule has 0 radical (unpaired) electrons. The summed E-state index contributed by atoms with van der Waals surface area (Å²) in [5, 5.41) is 9.57. The van der Waals surface area contributed by atoms with Gasteiger partial charge in [0.15, 0.2) is 0 Å². The van der Waals surface area contributed by atoms with Gasteiger partial charge in [-0.05, 0) is 12.8 Å². The van der Waals surface area contributed by atoms with Crippen LogP contribution in [0, 0.1) is 0 Å². The molecule has 1 amide bonds. The fourth-order valence-electron chi connectivity index (χ4n) is 1.74. The third kappa shape index (κ3) is 4.44. The highest BCUT2D eigenvalue weighted by Crippen LogP contribution is 2.01. The van der Waals surface area contributed by atoms with E-state index in [1.54, 1.807) is 7.11 Å². The molecule has 0 aliphatic carbocycles. The maximum atomic E-state index is 11.9. The van der Waals surface area contributed by atoms with Crippen LogP contribution in [-0.2, 0) is 11.2 Å². The first kappa shape index (κ1) is 14.6. The van der Waals surface area contributed by atoms with Gasteiger partial charge in [-0.25, -0.2) is 4.98 Å². The number of nitrogens with zero attached hydrogens (tertiary/aromatic N) is 2. The predicted octanol–water partition coefficient (Wildman–Crippen LogP) is 1.30. The largest absolute Gasteiger partial charge is 0.383 e. The number of carbonyl (C=O) groups excluding carboxylic acids is 1. The molecule has 0 bridgehead atoms. The summed E-state index contributed by atoms with van der Waals surface area (Å²) < 4.78 is 5.07. The monoisotopic (exact) mass is 254 g/mol. The Hall–Kier alpha value is -1.43. The van der Waals surface area contributed by atoms with E-state index in [2.05, 4.69) is 34.3 Å². The number of aryl methyl sites for hydroxylation is 1. The van der Waals surface area contributed by atoms with Crippen molar-refractivity contribution in [3.63, 3.8) is 0 Å². The van der Waals surface area contributed by atoms with Crippen LogP contribution in [0.4, 0.5) is 0 Å². The van der Waals surface area contributed by atoms with Crippen LogP contribution in [0.5, 0.6) is 0 Å². The number of aromatic nitrogens is 3. The smallest absolute Gasteiger partial charge is 0.291 e. The first-order valence-corrected chi connectivity index (χ1v) is 6.42. The van der Waals surface area contributed by atoms with Crippen LogP contribution in [0.3, 0.4) is 0 Å². The molecule has 2 N–H and O–H groups in total. The van der Waals surface area contributed by atoms with Crippen LogP contribution >= 0.6 is 0 Å². The summed E-state index contributed by atoms with van der Waals surface area (Å²) in [6.07, 6.45) is 3.64. The number of aromatic amines is 1. The highest BCUT2D eigenvalue weighted by molar-refractivity contribution is 5.90. The fraction of sp³-hybridized carbons (Fsp3) is 0.750. The van der Waals surface area contributed by atoms with Crippen molar-refractivity contribution in [2.45, 2.75) is 45.6 Å². The van der Waals surface area contributed by atoms with Gasteiger partial charge in [0.05, 0.1) is 12.6 Å². The summed E-state index contributed by atoms with van der Waals surface area (Å²) in [5.74, 6) is 0.709. The van der Waals surface area contributed by atoms with Crippen molar-refractivity contribution in [1.29, 1.82) is 0 Å². The lowest BCUT2D eigenvalue weighted by Gasteiger charge is -2.15. The van der Waals surface area contributed by atoms with Gasteiger partial charge >= 0.3 is 0 Å². The van der Waals surface area contributed by atoms with E-state index in [-0.39, 0.29) is 17.8 Å². The molecule has 102 valence electrons. The maximum Gasteiger partial charge on any atom is 0.291 e. The second-order valence-corrected chi connectivity index (χ2v) is 4.27. The summed E-state index contributed by atoms with van der Waals surface area (Å²) >= 11 is 0. The topological polar surface area (TPSA) is 79.9 Å². The second kappa shape index (κ2) is 7.81. The quantitative estimate of drug-likeness (QED) is 0.733. The van der Waals surface area contributed by atoms with Gasteiger partial charge in [-0.15, -0.1) is 5.10 Å². The van der Waals surface area contributed by atoms with Gasteiger partial charge in [-0.2, -0.15) is 0 Å². The zero-order valence-electron chi connectivity index (χ0n) is 11.3. The molecule has 18 heavy (non-hydrogen) atoms. The maximum absolute atomic E-state index is 11.9. The number of hydrogen-bond acceptors (Lipinski definition) is 4. The lowest BCUT2D eigenvalue weighted by atomic mass is 10.2. The zero-order chi connectivity index (χ0) is 13.4. The minimum absolute atomic E-state index is 0.0145. The molecule has 6 nitrogen and oxygen atoms in total. The summed E-state index contributed by atoms with van der Waals surface area (Å²) in [4.78, 5) is 16.1. The second-order valence-electron chi connectivity index (χ2n) is 4.27. The number of rotatable bonds is 8. The SMILES string of the molecule is CCCc1nc(C(=O)NC(CCC)COC)n[nH]1. The molecule has 1 rings (SSSR count). The van der Waals surface area contributed by atoms with E-state index >= 15 is 0 Å². The first-order chi connectivity index (χ1) is 8.71. The van der Waals surface area contributed by atoms with Gasteiger partial charge in [0.25, 0.3) is 5.91 Å². The molecule has 1 atom stereocenters. The summed E-state index contributed by atoms with van der Waals surface area (Å²) in [6, 6.07) is 0.0145. The Kier molecular flexibility index (Phi) is 6.35. The van der Waals surface area contributed by atoms with Crippen LogP contribution in [-0.4, -0.2) is 40.8 Å². The van der Waals surface area contributed by atoms with Crippen LogP contribution in [0.15, 0.2) is 0 Å². The van der Waals surface area contributed by atoms with Crippen molar-refractivity contribution in [3.8, 4) is 0 Å². The average molecular weight is 254 g/mol. The summed E-state index contributed by atoms with van der Waals surface area (Å²) in [5.41, 5.74) is 0. The number of nitrogens with one attached hydrogen (secondary N) is 2. The Morgan fingerprint density at radius 2 is 2.22 bits per heavy atom. The Bertz CT molecular complexity index is 359. The molecule has 0 spiro atoms. The number of amides is 1. The molecule has 1 aromatic heterocycles. The van der Waals surface area contributed by atoms with Crippen molar-refractivity contribution < 1.29 is 9.53 Å². The molecule has 1 heterocycles. The minimum atomic E-state index is -0.246. The predicted molar refractivity (Wildman–Crippen MR) is 68.4 cm³/mol. The molecule has 0 aliphatic heterocycles. The van der Waals surface area contributed by atoms with E-state index < -0.39 is 0 Å². The Morgan fingerprint density at radius 3 is 2.83 bits per heavy atom. The highest BCUT2D eigenvalue weighted by Gasteiger charge is 2.16. The van der Waals surface area contributed by atoms with Gasteiger partial charge in [0, 0.05) is 13.5 Å². The van der Waals surface area contributed by atoms with E-state index in [1.807, 2.05) is 0 Å². The van der Waals surface area contributed by atoms with E-state index in [0.717, 1.165) is 31.5 Å². The molecule has 1 aromatic rings. The summed E-state index contributed by atoms with van der Waals surface area (Å²) in [6.45, 7) is 4.63. The van der Waals surface area contributed by atoms with Crippen molar-refractivity contribution in [2.24, 2.45) is 0 Å². The Balaban J connectivity index is 2.56. The fourth-order valence-corrected chi connectivity index (χ4v) is 1.74. The average Bonchev–Trinajstić information content (AvgIpc) is 2.79. The number of H-pyrrole nitrogens is 1. The van der Waals surface area contributed by atoms with Gasteiger partial charge in [0.2, 0.25) is 5.82 Å². The van der Waals surface area contributed by atoms with Crippen LogP contribution in [0.2, 0.25) is 0 Å².